The molecule has 0 heterocycles. The molecule has 18 heavy (non-hydrogen) atoms. The highest BCUT2D eigenvalue weighted by Crippen LogP contribution is 2.57. The Balaban J connectivity index is 2.58. The first-order valence-electron chi connectivity index (χ1n) is 6.49. The molecule has 2 rings (SSSR count). The van der Waals surface area contributed by atoms with Gasteiger partial charge >= 0.3 is 0 Å². The van der Waals surface area contributed by atoms with Gasteiger partial charge in [-0.05, 0) is 30.7 Å². The number of carbonyl (C=O) groups is 1. The van der Waals surface area contributed by atoms with E-state index in [1.807, 2.05) is 24.3 Å². The summed E-state index contributed by atoms with van der Waals surface area (Å²) in [6, 6.07) is 14.2. The molecule has 94 valence electrons. The van der Waals surface area contributed by atoms with Crippen LogP contribution in [-0.4, -0.2) is 24.5 Å². The normalized spacial score (nSPS) is 11.7. The Morgan fingerprint density at radius 3 is 2.28 bits per heavy atom. The van der Waals surface area contributed by atoms with Crippen LogP contribution in [0.25, 0.3) is 10.8 Å². The summed E-state index contributed by atoms with van der Waals surface area (Å²) in [4.78, 5) is 12.8. The molecule has 0 saturated heterocycles. The van der Waals surface area contributed by atoms with Gasteiger partial charge in [-0.2, -0.15) is 0 Å². The van der Waals surface area contributed by atoms with Gasteiger partial charge in [0.05, 0.1) is 31.8 Å². The van der Waals surface area contributed by atoms with Gasteiger partial charge in [-0.3, -0.25) is 0 Å². The van der Waals surface area contributed by atoms with Gasteiger partial charge in [-0.25, -0.2) is 4.79 Å². The second-order valence-electron chi connectivity index (χ2n) is 4.86. The van der Waals surface area contributed by atoms with Crippen molar-refractivity contribution in [3.63, 3.8) is 0 Å². The zero-order valence-electron chi connectivity index (χ0n) is 11.3. The van der Waals surface area contributed by atoms with Crippen molar-refractivity contribution in [2.24, 2.45) is 0 Å². The summed E-state index contributed by atoms with van der Waals surface area (Å²) in [6.07, 6.45) is 1.98. The Kier molecular flexibility index (Phi) is 3.82. The second-order valence-corrected chi connectivity index (χ2v) is 9.32. The minimum absolute atomic E-state index is 0.379. The number of hydrogen-bond donors (Lipinski definition) is 0. The topological polar surface area (TPSA) is 17.1 Å². The third kappa shape index (κ3) is 2.20. The fourth-order valence-corrected chi connectivity index (χ4v) is 4.01. The number of rotatable bonds is 4. The number of hydrogen-bond acceptors (Lipinski definition) is 1. The van der Waals surface area contributed by atoms with Crippen molar-refractivity contribution < 1.29 is 4.79 Å². The molecule has 0 aliphatic heterocycles. The van der Waals surface area contributed by atoms with Crippen LogP contribution < -0.4 is 0 Å². The molecule has 2 heteroatoms. The molecule has 0 aliphatic carbocycles. The standard InChI is InChI=1S/C16H20OP/c1-4-18(3,5-2)16(17)15-12-8-10-13-9-6-7-11-14(13)15/h6-12H,4-5H2,1-3H3/q+1. The number of benzene rings is 2. The maximum atomic E-state index is 12.8. The average Bonchev–Trinajstić information content (AvgIpc) is 2.45. The molecule has 0 aliphatic rings. The maximum Gasteiger partial charge on any atom is 0.298 e. The van der Waals surface area contributed by atoms with Crippen LogP contribution in [0.4, 0.5) is 0 Å². The molecule has 1 nitrogen and oxygen atoms in total. The monoisotopic (exact) mass is 259 g/mol. The van der Waals surface area contributed by atoms with E-state index in [1.165, 1.54) is 0 Å². The van der Waals surface area contributed by atoms with E-state index in [1.54, 1.807) is 0 Å². The third-order valence-electron chi connectivity index (χ3n) is 3.91. The molecular formula is C16H20OP+. The first-order valence-corrected chi connectivity index (χ1v) is 9.10. The smallest absolute Gasteiger partial charge is 0.247 e. The lowest BCUT2D eigenvalue weighted by Crippen LogP contribution is -2.11. The summed E-state index contributed by atoms with van der Waals surface area (Å²) in [5.74, 6) is 0. The predicted octanol–water partition coefficient (Wildman–Crippen LogP) is 4.67. The molecule has 0 aromatic heterocycles. The molecule has 0 N–H and O–H groups in total. The largest absolute Gasteiger partial charge is 0.298 e. The van der Waals surface area contributed by atoms with E-state index in [0.29, 0.717) is 5.52 Å². The Morgan fingerprint density at radius 1 is 1.00 bits per heavy atom. The van der Waals surface area contributed by atoms with Gasteiger partial charge in [0.2, 0.25) is 0 Å². The molecule has 0 atom stereocenters. The van der Waals surface area contributed by atoms with E-state index < -0.39 is 7.26 Å². The highest BCUT2D eigenvalue weighted by molar-refractivity contribution is 7.91. The van der Waals surface area contributed by atoms with Gasteiger partial charge in [0.25, 0.3) is 5.52 Å². The number of carbonyl (C=O) groups excluding carboxylic acids is 1. The van der Waals surface area contributed by atoms with Crippen molar-refractivity contribution in [2.75, 3.05) is 19.0 Å². The van der Waals surface area contributed by atoms with Gasteiger partial charge in [0.1, 0.15) is 0 Å². The summed E-state index contributed by atoms with van der Waals surface area (Å²) < 4.78 is 0. The SMILES string of the molecule is CC[P+](C)(CC)C(=O)c1cccc2ccccc12. The van der Waals surface area contributed by atoms with Gasteiger partial charge in [-0.1, -0.05) is 36.4 Å². The molecular weight excluding hydrogens is 239 g/mol. The highest BCUT2D eigenvalue weighted by Gasteiger charge is 2.38. The molecule has 0 radical (unpaired) electrons. The Morgan fingerprint density at radius 2 is 1.61 bits per heavy atom. The first kappa shape index (κ1) is 13.2. The van der Waals surface area contributed by atoms with E-state index >= 15 is 0 Å². The number of fused-ring (bicyclic) bond motifs is 1. The lowest BCUT2D eigenvalue weighted by molar-refractivity contribution is 0.108. The molecule has 0 bridgehead atoms. The molecule has 0 amide bonds. The summed E-state index contributed by atoms with van der Waals surface area (Å²) >= 11 is 0. The van der Waals surface area contributed by atoms with Crippen molar-refractivity contribution in [1.82, 2.24) is 0 Å². The molecule has 0 unspecified atom stereocenters. The van der Waals surface area contributed by atoms with Crippen LogP contribution in [0.15, 0.2) is 42.5 Å². The van der Waals surface area contributed by atoms with Crippen LogP contribution >= 0.6 is 7.26 Å². The van der Waals surface area contributed by atoms with E-state index in [-0.39, 0.29) is 0 Å². The second kappa shape index (κ2) is 5.20. The van der Waals surface area contributed by atoms with Crippen LogP contribution in [0.2, 0.25) is 0 Å². The van der Waals surface area contributed by atoms with Crippen LogP contribution in [0, 0.1) is 0 Å². The van der Waals surface area contributed by atoms with Gasteiger partial charge in [0, 0.05) is 0 Å². The maximum absolute atomic E-state index is 12.8. The van der Waals surface area contributed by atoms with Crippen molar-refractivity contribution >= 4 is 23.6 Å². The minimum Gasteiger partial charge on any atom is -0.247 e. The Labute approximate surface area is 110 Å². The zero-order valence-corrected chi connectivity index (χ0v) is 12.2. The quantitative estimate of drug-likeness (QED) is 0.729. The fraction of sp³-hybridized carbons (Fsp3) is 0.312. The average molecular weight is 259 g/mol. The van der Waals surface area contributed by atoms with Crippen LogP contribution in [-0.2, 0) is 0 Å². The molecule has 2 aromatic carbocycles. The lowest BCUT2D eigenvalue weighted by atomic mass is 10.1. The molecule has 0 fully saturated rings. The van der Waals surface area contributed by atoms with Gasteiger partial charge < -0.3 is 0 Å². The van der Waals surface area contributed by atoms with Crippen molar-refractivity contribution in [1.29, 1.82) is 0 Å². The van der Waals surface area contributed by atoms with Crippen LogP contribution in [0.1, 0.15) is 24.2 Å². The minimum atomic E-state index is -1.49. The highest BCUT2D eigenvalue weighted by atomic mass is 31.2. The fourth-order valence-electron chi connectivity index (χ4n) is 2.21. The third-order valence-corrected chi connectivity index (χ3v) is 7.92. The molecule has 0 spiro atoms. The Hall–Kier alpha value is -1.20. The summed E-state index contributed by atoms with van der Waals surface area (Å²) in [7, 11) is -1.49. The van der Waals surface area contributed by atoms with Crippen molar-refractivity contribution in [2.45, 2.75) is 13.8 Å². The van der Waals surface area contributed by atoms with Crippen LogP contribution in [0.5, 0.6) is 0 Å². The predicted molar refractivity (Wildman–Crippen MR) is 82.2 cm³/mol. The van der Waals surface area contributed by atoms with Gasteiger partial charge in [0.15, 0.2) is 0 Å². The summed E-state index contributed by atoms with van der Waals surface area (Å²) in [6.45, 7) is 6.46. The molecule has 2 aromatic rings. The van der Waals surface area contributed by atoms with Crippen molar-refractivity contribution in [3.8, 4) is 0 Å². The van der Waals surface area contributed by atoms with E-state index in [9.17, 15) is 4.79 Å². The Bertz CT molecular complexity index is 565. The van der Waals surface area contributed by atoms with Crippen molar-refractivity contribution in [3.05, 3.63) is 48.0 Å². The first-order chi connectivity index (χ1) is 8.62. The zero-order chi connectivity index (χ0) is 13.2. The van der Waals surface area contributed by atoms with Gasteiger partial charge in [-0.15, -0.1) is 0 Å². The van der Waals surface area contributed by atoms with E-state index in [0.717, 1.165) is 28.7 Å². The van der Waals surface area contributed by atoms with Crippen LogP contribution in [0.3, 0.4) is 0 Å². The summed E-state index contributed by atoms with van der Waals surface area (Å²) in [5.41, 5.74) is 1.29. The molecule has 0 saturated carbocycles. The lowest BCUT2D eigenvalue weighted by Gasteiger charge is -2.18. The van der Waals surface area contributed by atoms with E-state index in [4.69, 9.17) is 0 Å². The van der Waals surface area contributed by atoms with E-state index in [2.05, 4.69) is 38.7 Å². The summed E-state index contributed by atoms with van der Waals surface area (Å²) in [5, 5.41) is 2.25.